The fourth-order valence-electron chi connectivity index (χ4n) is 2.80. The van der Waals surface area contributed by atoms with Gasteiger partial charge in [-0.15, -0.1) is 0 Å². The van der Waals surface area contributed by atoms with Crippen LogP contribution in [0.4, 0.5) is 4.39 Å². The van der Waals surface area contributed by atoms with Crippen molar-refractivity contribution in [3.63, 3.8) is 0 Å². The van der Waals surface area contributed by atoms with Crippen molar-refractivity contribution in [2.75, 3.05) is 7.11 Å². The van der Waals surface area contributed by atoms with E-state index in [1.54, 1.807) is 18.3 Å². The number of nitrogens with zero attached hydrogens (tertiary/aromatic N) is 2. The highest BCUT2D eigenvalue weighted by molar-refractivity contribution is 5.85. The molecule has 4 aromatic rings. The number of H-pyrrole nitrogens is 2. The topological polar surface area (TPSA) is 66.6 Å². The van der Waals surface area contributed by atoms with Crippen molar-refractivity contribution in [2.45, 2.75) is 6.92 Å². The molecule has 0 saturated heterocycles. The Morgan fingerprint density at radius 3 is 2.75 bits per heavy atom. The molecular formula is C18H15FN4O. The largest absolute Gasteiger partial charge is 0.497 e. The van der Waals surface area contributed by atoms with Crippen molar-refractivity contribution in [1.82, 2.24) is 20.2 Å². The van der Waals surface area contributed by atoms with Crippen LogP contribution in [-0.4, -0.2) is 27.3 Å². The van der Waals surface area contributed by atoms with Crippen molar-refractivity contribution >= 4 is 11.0 Å². The van der Waals surface area contributed by atoms with Crippen molar-refractivity contribution < 1.29 is 9.13 Å². The molecule has 5 nitrogen and oxygen atoms in total. The van der Waals surface area contributed by atoms with E-state index in [9.17, 15) is 4.39 Å². The number of imidazole rings is 1. The molecule has 0 spiro atoms. The first-order valence-corrected chi connectivity index (χ1v) is 7.50. The molecule has 6 heteroatoms. The van der Waals surface area contributed by atoms with Gasteiger partial charge in [0.25, 0.3) is 0 Å². The van der Waals surface area contributed by atoms with Gasteiger partial charge in [-0.1, -0.05) is 12.1 Å². The minimum atomic E-state index is -0.382. The molecule has 120 valence electrons. The third-order valence-electron chi connectivity index (χ3n) is 4.05. The van der Waals surface area contributed by atoms with Gasteiger partial charge in [-0.05, 0) is 30.7 Å². The van der Waals surface area contributed by atoms with Crippen LogP contribution >= 0.6 is 0 Å². The van der Waals surface area contributed by atoms with Gasteiger partial charge in [-0.3, -0.25) is 5.10 Å². The first-order valence-electron chi connectivity index (χ1n) is 7.50. The Morgan fingerprint density at radius 2 is 2.00 bits per heavy atom. The molecule has 2 heterocycles. The highest BCUT2D eigenvalue weighted by Gasteiger charge is 2.17. The lowest BCUT2D eigenvalue weighted by atomic mass is 10.1. The molecule has 0 aliphatic carbocycles. The summed E-state index contributed by atoms with van der Waals surface area (Å²) in [5, 5.41) is 6.94. The number of aryl methyl sites for hydroxylation is 1. The zero-order valence-corrected chi connectivity index (χ0v) is 13.2. The van der Waals surface area contributed by atoms with Crippen LogP contribution in [0.5, 0.6) is 5.75 Å². The maximum atomic E-state index is 14.4. The number of nitrogens with one attached hydrogen (secondary N) is 2. The molecule has 0 atom stereocenters. The normalized spacial score (nSPS) is 11.1. The molecule has 2 aromatic carbocycles. The molecule has 2 N–H and O–H groups in total. The second-order valence-corrected chi connectivity index (χ2v) is 5.56. The molecule has 0 fully saturated rings. The van der Waals surface area contributed by atoms with Crippen LogP contribution in [0.1, 0.15) is 5.56 Å². The number of aromatic nitrogens is 4. The summed E-state index contributed by atoms with van der Waals surface area (Å²) in [5.74, 6) is 0.738. The molecule has 4 rings (SSSR count). The maximum Gasteiger partial charge on any atom is 0.142 e. The number of para-hydroxylation sites is 1. The van der Waals surface area contributed by atoms with Gasteiger partial charge in [0.2, 0.25) is 0 Å². The molecule has 0 unspecified atom stereocenters. The average Bonchev–Trinajstić information content (AvgIpc) is 3.21. The van der Waals surface area contributed by atoms with Crippen LogP contribution in [0.25, 0.3) is 33.7 Å². The lowest BCUT2D eigenvalue weighted by Gasteiger charge is -2.05. The standard InChI is InChI=1S/C18H15FN4O/c1-10-4-3-5-15-16(10)22-18(21-15)13-9-20-23-17(13)12-7-6-11(24-2)8-14(12)19/h3-9H,1-2H3,(H,20,23)(H,21,22). The van der Waals surface area contributed by atoms with Gasteiger partial charge < -0.3 is 9.72 Å². The number of hydrogen-bond donors (Lipinski definition) is 2. The van der Waals surface area contributed by atoms with Crippen LogP contribution in [0, 0.1) is 12.7 Å². The lowest BCUT2D eigenvalue weighted by Crippen LogP contribution is -1.90. The van der Waals surface area contributed by atoms with Crippen LogP contribution in [0.3, 0.4) is 0 Å². The van der Waals surface area contributed by atoms with Crippen LogP contribution in [-0.2, 0) is 0 Å². The lowest BCUT2D eigenvalue weighted by molar-refractivity contribution is 0.411. The summed E-state index contributed by atoms with van der Waals surface area (Å²) in [6, 6.07) is 10.7. The van der Waals surface area contributed by atoms with Gasteiger partial charge in [0.15, 0.2) is 0 Å². The second-order valence-electron chi connectivity index (χ2n) is 5.56. The number of fused-ring (bicyclic) bond motifs is 1. The fraction of sp³-hybridized carbons (Fsp3) is 0.111. The van der Waals surface area contributed by atoms with E-state index in [0.717, 1.165) is 22.2 Å². The first kappa shape index (κ1) is 14.4. The zero-order valence-electron chi connectivity index (χ0n) is 13.2. The van der Waals surface area contributed by atoms with E-state index in [1.807, 2.05) is 25.1 Å². The number of hydrogen-bond acceptors (Lipinski definition) is 3. The van der Waals surface area contributed by atoms with Crippen LogP contribution < -0.4 is 4.74 Å². The number of aromatic amines is 2. The summed E-state index contributed by atoms with van der Waals surface area (Å²) < 4.78 is 19.5. The Balaban J connectivity index is 1.86. The number of methoxy groups -OCH3 is 1. The molecule has 2 aromatic heterocycles. The molecular weight excluding hydrogens is 307 g/mol. The molecule has 0 aliphatic heterocycles. The van der Waals surface area contributed by atoms with E-state index in [1.165, 1.54) is 13.2 Å². The number of benzene rings is 2. The highest BCUT2D eigenvalue weighted by Crippen LogP contribution is 2.33. The van der Waals surface area contributed by atoms with Gasteiger partial charge in [0, 0.05) is 11.6 Å². The molecule has 0 amide bonds. The van der Waals surface area contributed by atoms with E-state index in [2.05, 4.69) is 20.2 Å². The third-order valence-corrected chi connectivity index (χ3v) is 4.05. The smallest absolute Gasteiger partial charge is 0.142 e. The SMILES string of the molecule is COc1ccc(-c2[nH]ncc2-c2nc3c(C)cccc3[nH]2)c(F)c1. The van der Waals surface area contributed by atoms with Crippen LogP contribution in [0.15, 0.2) is 42.6 Å². The van der Waals surface area contributed by atoms with Crippen LogP contribution in [0.2, 0.25) is 0 Å². The Hall–Kier alpha value is -3.15. The van der Waals surface area contributed by atoms with Gasteiger partial charge in [0.05, 0.1) is 35.6 Å². The Labute approximate surface area is 137 Å². The Morgan fingerprint density at radius 1 is 1.12 bits per heavy atom. The summed E-state index contributed by atoms with van der Waals surface area (Å²) in [7, 11) is 1.51. The highest BCUT2D eigenvalue weighted by atomic mass is 19.1. The predicted octanol–water partition coefficient (Wildman–Crippen LogP) is 4.08. The molecule has 0 radical (unpaired) electrons. The quantitative estimate of drug-likeness (QED) is 0.597. The number of ether oxygens (including phenoxy) is 1. The summed E-state index contributed by atoms with van der Waals surface area (Å²) in [6.45, 7) is 2.01. The summed E-state index contributed by atoms with van der Waals surface area (Å²) >= 11 is 0. The number of halogens is 1. The monoisotopic (exact) mass is 322 g/mol. The minimum absolute atomic E-state index is 0.382. The van der Waals surface area contributed by atoms with Gasteiger partial charge in [-0.2, -0.15) is 5.10 Å². The minimum Gasteiger partial charge on any atom is -0.497 e. The third kappa shape index (κ3) is 2.23. The Bertz CT molecular complexity index is 1030. The summed E-state index contributed by atoms with van der Waals surface area (Å²) in [4.78, 5) is 7.91. The molecule has 0 aliphatic rings. The van der Waals surface area contributed by atoms with E-state index >= 15 is 0 Å². The fourth-order valence-corrected chi connectivity index (χ4v) is 2.80. The molecule has 24 heavy (non-hydrogen) atoms. The van der Waals surface area contributed by atoms with E-state index in [0.29, 0.717) is 22.8 Å². The van der Waals surface area contributed by atoms with Crippen molar-refractivity contribution in [3.8, 4) is 28.4 Å². The zero-order chi connectivity index (χ0) is 16.7. The van der Waals surface area contributed by atoms with Gasteiger partial charge in [-0.25, -0.2) is 9.37 Å². The van der Waals surface area contributed by atoms with Crippen molar-refractivity contribution in [2.24, 2.45) is 0 Å². The Kier molecular flexibility index (Phi) is 3.30. The average molecular weight is 322 g/mol. The van der Waals surface area contributed by atoms with E-state index in [4.69, 9.17) is 4.74 Å². The number of rotatable bonds is 3. The van der Waals surface area contributed by atoms with Gasteiger partial charge >= 0.3 is 0 Å². The summed E-state index contributed by atoms with van der Waals surface area (Å²) in [5.41, 5.74) is 4.62. The van der Waals surface area contributed by atoms with Crippen molar-refractivity contribution in [3.05, 3.63) is 54.0 Å². The predicted molar refractivity (Wildman–Crippen MR) is 90.4 cm³/mol. The molecule has 0 saturated carbocycles. The first-order chi connectivity index (χ1) is 11.7. The maximum absolute atomic E-state index is 14.4. The molecule has 0 bridgehead atoms. The summed E-state index contributed by atoms with van der Waals surface area (Å²) in [6.07, 6.45) is 1.64. The van der Waals surface area contributed by atoms with E-state index < -0.39 is 0 Å². The van der Waals surface area contributed by atoms with Gasteiger partial charge in [0.1, 0.15) is 17.4 Å². The van der Waals surface area contributed by atoms with Crippen molar-refractivity contribution in [1.29, 1.82) is 0 Å². The second kappa shape index (κ2) is 5.49. The van der Waals surface area contributed by atoms with E-state index in [-0.39, 0.29) is 5.82 Å².